The van der Waals surface area contributed by atoms with E-state index in [4.69, 9.17) is 0 Å². The van der Waals surface area contributed by atoms with Crippen LogP contribution in [0.1, 0.15) is 42.2 Å². The number of H-pyrrole nitrogens is 1. The van der Waals surface area contributed by atoms with E-state index in [0.717, 1.165) is 22.9 Å². The van der Waals surface area contributed by atoms with Gasteiger partial charge in [0, 0.05) is 31.6 Å². The summed E-state index contributed by atoms with van der Waals surface area (Å²) in [5.41, 5.74) is 2.32. The highest BCUT2D eigenvalue weighted by Gasteiger charge is 2.31. The molecule has 0 saturated carbocycles. The fraction of sp³-hybridized carbons (Fsp3) is 0.364. The highest BCUT2D eigenvalue weighted by atomic mass is 32.2. The van der Waals surface area contributed by atoms with Crippen LogP contribution < -0.4 is 0 Å². The first kappa shape index (κ1) is 20.6. The van der Waals surface area contributed by atoms with Crippen molar-refractivity contribution in [2.75, 3.05) is 26.2 Å². The quantitative estimate of drug-likeness (QED) is 0.679. The second-order valence-electron chi connectivity index (χ2n) is 7.69. The van der Waals surface area contributed by atoms with Crippen LogP contribution in [0, 0.1) is 0 Å². The summed E-state index contributed by atoms with van der Waals surface area (Å²) < 4.78 is 27.5. The molecule has 2 aromatic carbocycles. The summed E-state index contributed by atoms with van der Waals surface area (Å²) in [7, 11) is -3.58. The highest BCUT2D eigenvalue weighted by molar-refractivity contribution is 7.89. The molecule has 158 valence electrons. The van der Waals surface area contributed by atoms with Crippen LogP contribution >= 0.6 is 0 Å². The van der Waals surface area contributed by atoms with Crippen molar-refractivity contribution in [1.82, 2.24) is 19.4 Å². The van der Waals surface area contributed by atoms with E-state index in [1.807, 2.05) is 36.4 Å². The average molecular weight is 427 g/mol. The lowest BCUT2D eigenvalue weighted by molar-refractivity contribution is 0.0694. The summed E-state index contributed by atoms with van der Waals surface area (Å²) >= 11 is 0. The smallest absolute Gasteiger partial charge is 0.275 e. The zero-order valence-corrected chi connectivity index (χ0v) is 18.0. The van der Waals surface area contributed by atoms with E-state index in [1.54, 1.807) is 17.0 Å². The van der Waals surface area contributed by atoms with Crippen molar-refractivity contribution < 1.29 is 13.2 Å². The molecular weight excluding hydrogens is 400 g/mol. The molecule has 0 bridgehead atoms. The van der Waals surface area contributed by atoms with E-state index in [9.17, 15) is 13.2 Å². The van der Waals surface area contributed by atoms with Crippen molar-refractivity contribution in [3.8, 4) is 0 Å². The van der Waals surface area contributed by atoms with Gasteiger partial charge in [-0.2, -0.15) is 9.40 Å². The van der Waals surface area contributed by atoms with E-state index < -0.39 is 10.0 Å². The maximum atomic E-state index is 13.0. The lowest BCUT2D eigenvalue weighted by Crippen LogP contribution is -2.50. The normalized spacial score (nSPS) is 16.7. The van der Waals surface area contributed by atoms with Gasteiger partial charge in [0.2, 0.25) is 10.0 Å². The molecule has 1 amide bonds. The monoisotopic (exact) mass is 426 g/mol. The zero-order chi connectivity index (χ0) is 21.3. The first-order valence-electron chi connectivity index (χ1n) is 10.2. The number of piperazine rings is 1. The van der Waals surface area contributed by atoms with E-state index in [2.05, 4.69) is 24.0 Å². The molecule has 8 heteroatoms. The minimum Gasteiger partial charge on any atom is -0.335 e. The Labute approximate surface area is 176 Å². The second kappa shape index (κ2) is 8.20. The van der Waals surface area contributed by atoms with E-state index in [0.29, 0.717) is 29.6 Å². The molecule has 2 heterocycles. The van der Waals surface area contributed by atoms with Gasteiger partial charge in [-0.3, -0.25) is 9.89 Å². The Kier molecular flexibility index (Phi) is 5.62. The SMILES string of the molecule is CC[C@H](C)c1ccc(S(=O)(=O)N2CCN(C(=O)c3n[nH]c4ccccc34)CC2)cc1. The van der Waals surface area contributed by atoms with Gasteiger partial charge in [0.15, 0.2) is 5.69 Å². The van der Waals surface area contributed by atoms with Gasteiger partial charge in [0.1, 0.15) is 0 Å². The summed E-state index contributed by atoms with van der Waals surface area (Å²) in [5.74, 6) is 0.219. The Morgan fingerprint density at radius 2 is 1.73 bits per heavy atom. The molecular formula is C22H26N4O3S. The minimum atomic E-state index is -3.58. The number of carbonyl (C=O) groups excluding carboxylic acids is 1. The van der Waals surface area contributed by atoms with E-state index in [-0.39, 0.29) is 19.0 Å². The molecule has 1 atom stereocenters. The molecule has 1 N–H and O–H groups in total. The molecule has 3 aromatic rings. The fourth-order valence-corrected chi connectivity index (χ4v) is 5.18. The van der Waals surface area contributed by atoms with Crippen LogP contribution in [-0.4, -0.2) is 59.9 Å². The number of fused-ring (bicyclic) bond motifs is 1. The number of nitrogens with one attached hydrogen (secondary N) is 1. The molecule has 0 aliphatic carbocycles. The summed E-state index contributed by atoms with van der Waals surface area (Å²) in [4.78, 5) is 14.9. The van der Waals surface area contributed by atoms with Gasteiger partial charge >= 0.3 is 0 Å². The van der Waals surface area contributed by atoms with Crippen molar-refractivity contribution >= 4 is 26.8 Å². The fourth-order valence-electron chi connectivity index (χ4n) is 3.76. The number of benzene rings is 2. The molecule has 0 unspecified atom stereocenters. The van der Waals surface area contributed by atoms with Crippen molar-refractivity contribution in [3.05, 3.63) is 59.8 Å². The number of carbonyl (C=O) groups is 1. The van der Waals surface area contributed by atoms with Crippen LogP contribution in [-0.2, 0) is 10.0 Å². The highest BCUT2D eigenvalue weighted by Crippen LogP contribution is 2.24. The third-order valence-electron chi connectivity index (χ3n) is 5.90. The van der Waals surface area contributed by atoms with Gasteiger partial charge in [-0.05, 0) is 36.1 Å². The molecule has 1 aromatic heterocycles. The van der Waals surface area contributed by atoms with Crippen molar-refractivity contribution in [3.63, 3.8) is 0 Å². The van der Waals surface area contributed by atoms with Gasteiger partial charge < -0.3 is 4.90 Å². The number of aromatic nitrogens is 2. The minimum absolute atomic E-state index is 0.178. The van der Waals surface area contributed by atoms with E-state index in [1.165, 1.54) is 4.31 Å². The van der Waals surface area contributed by atoms with Crippen LogP contribution in [0.5, 0.6) is 0 Å². The maximum Gasteiger partial charge on any atom is 0.275 e. The Morgan fingerprint density at radius 3 is 2.40 bits per heavy atom. The Bertz CT molecular complexity index is 1150. The molecule has 1 aliphatic heterocycles. The largest absolute Gasteiger partial charge is 0.335 e. The molecule has 1 aliphatic rings. The third-order valence-corrected chi connectivity index (χ3v) is 7.81. The Morgan fingerprint density at radius 1 is 1.07 bits per heavy atom. The number of rotatable bonds is 5. The summed E-state index contributed by atoms with van der Waals surface area (Å²) in [6.45, 7) is 5.45. The molecule has 0 spiro atoms. The second-order valence-corrected chi connectivity index (χ2v) is 9.63. The average Bonchev–Trinajstić information content (AvgIpc) is 3.22. The van der Waals surface area contributed by atoms with Crippen molar-refractivity contribution in [1.29, 1.82) is 0 Å². The molecule has 1 fully saturated rings. The zero-order valence-electron chi connectivity index (χ0n) is 17.2. The number of sulfonamides is 1. The van der Waals surface area contributed by atoms with Crippen LogP contribution in [0.15, 0.2) is 53.4 Å². The van der Waals surface area contributed by atoms with Gasteiger partial charge in [-0.1, -0.05) is 44.2 Å². The maximum absolute atomic E-state index is 13.0. The first-order valence-corrected chi connectivity index (χ1v) is 11.7. The number of hydrogen-bond donors (Lipinski definition) is 1. The number of nitrogens with zero attached hydrogens (tertiary/aromatic N) is 3. The number of aromatic amines is 1. The molecule has 1 saturated heterocycles. The Hall–Kier alpha value is -2.71. The first-order chi connectivity index (χ1) is 14.4. The topological polar surface area (TPSA) is 86.4 Å². The number of hydrogen-bond acceptors (Lipinski definition) is 4. The van der Waals surface area contributed by atoms with Crippen LogP contribution in [0.3, 0.4) is 0 Å². The molecule has 4 rings (SSSR count). The van der Waals surface area contributed by atoms with Gasteiger partial charge in [0.25, 0.3) is 5.91 Å². The Balaban J connectivity index is 1.45. The van der Waals surface area contributed by atoms with Crippen LogP contribution in [0.2, 0.25) is 0 Å². The number of para-hydroxylation sites is 1. The predicted octanol–water partition coefficient (Wildman–Crippen LogP) is 3.22. The summed E-state index contributed by atoms with van der Waals surface area (Å²) in [5, 5.41) is 7.82. The lowest BCUT2D eigenvalue weighted by atomic mass is 9.99. The predicted molar refractivity (Wildman–Crippen MR) is 116 cm³/mol. The standard InChI is InChI=1S/C22H26N4O3S/c1-3-16(2)17-8-10-18(11-9-17)30(28,29)26-14-12-25(13-15-26)22(27)21-19-6-4-5-7-20(19)23-24-21/h4-11,16H,3,12-15H2,1-2H3,(H,23,24)/t16-/m0/s1. The van der Waals surface area contributed by atoms with Gasteiger partial charge in [0.05, 0.1) is 10.4 Å². The third kappa shape index (κ3) is 3.73. The summed E-state index contributed by atoms with van der Waals surface area (Å²) in [6, 6.07) is 14.6. The molecule has 30 heavy (non-hydrogen) atoms. The summed E-state index contributed by atoms with van der Waals surface area (Å²) in [6.07, 6.45) is 1.01. The van der Waals surface area contributed by atoms with Gasteiger partial charge in [-0.25, -0.2) is 8.42 Å². The lowest BCUT2D eigenvalue weighted by Gasteiger charge is -2.33. The van der Waals surface area contributed by atoms with Crippen molar-refractivity contribution in [2.24, 2.45) is 0 Å². The van der Waals surface area contributed by atoms with Crippen LogP contribution in [0.25, 0.3) is 10.9 Å². The van der Waals surface area contributed by atoms with Crippen molar-refractivity contribution in [2.45, 2.75) is 31.1 Å². The molecule has 0 radical (unpaired) electrons. The van der Waals surface area contributed by atoms with E-state index >= 15 is 0 Å². The van der Waals surface area contributed by atoms with Gasteiger partial charge in [-0.15, -0.1) is 0 Å². The molecule has 7 nitrogen and oxygen atoms in total. The van der Waals surface area contributed by atoms with Crippen LogP contribution in [0.4, 0.5) is 0 Å². The number of amides is 1.